The number of hydrogen-bond donors (Lipinski definition) is 2. The van der Waals surface area contributed by atoms with E-state index in [-0.39, 0.29) is 11.6 Å². The number of nitrogens with one attached hydrogen (secondary N) is 2. The molecule has 20 heavy (non-hydrogen) atoms. The Hall–Kier alpha value is -1.46. The van der Waals surface area contributed by atoms with Crippen LogP contribution in [0.5, 0.6) is 0 Å². The van der Waals surface area contributed by atoms with Crippen molar-refractivity contribution in [3.8, 4) is 0 Å². The largest absolute Gasteiger partial charge is 0.416 e. The molecule has 112 valence electrons. The number of anilines is 2. The molecule has 2 N–H and O–H groups in total. The van der Waals surface area contributed by atoms with Gasteiger partial charge in [0, 0.05) is 13.1 Å². The summed E-state index contributed by atoms with van der Waals surface area (Å²) in [4.78, 5) is 4.15. The molecule has 0 saturated heterocycles. The van der Waals surface area contributed by atoms with E-state index in [2.05, 4.69) is 15.6 Å². The smallest absolute Gasteiger partial charge is 0.370 e. The lowest BCUT2D eigenvalue weighted by Gasteiger charge is -2.13. The van der Waals surface area contributed by atoms with E-state index in [1.807, 2.05) is 6.92 Å². The molecule has 0 radical (unpaired) electrons. The van der Waals surface area contributed by atoms with E-state index in [9.17, 15) is 13.2 Å². The molecule has 1 aliphatic rings. The quantitative estimate of drug-likeness (QED) is 0.740. The second-order valence-electron chi connectivity index (χ2n) is 5.17. The zero-order chi connectivity index (χ0) is 14.6. The Kier molecular flexibility index (Phi) is 4.73. The van der Waals surface area contributed by atoms with E-state index < -0.39 is 11.7 Å². The van der Waals surface area contributed by atoms with E-state index in [1.165, 1.54) is 12.8 Å². The van der Waals surface area contributed by atoms with Crippen LogP contribution in [0.4, 0.5) is 24.8 Å². The standard InChI is InChI=1S/C14H20F3N3/c1-2-18-12-8-11(14(15,16)17)9-13(20-12)19-7-3-4-10-5-6-10/h8-10H,2-7H2,1H3,(H2,18,19,20). The van der Waals surface area contributed by atoms with Crippen LogP contribution < -0.4 is 10.6 Å². The number of pyridine rings is 1. The van der Waals surface area contributed by atoms with Gasteiger partial charge in [0.05, 0.1) is 5.56 Å². The topological polar surface area (TPSA) is 37.0 Å². The van der Waals surface area contributed by atoms with E-state index >= 15 is 0 Å². The Labute approximate surface area is 117 Å². The zero-order valence-electron chi connectivity index (χ0n) is 11.6. The summed E-state index contributed by atoms with van der Waals surface area (Å²) in [6.45, 7) is 3.02. The summed E-state index contributed by atoms with van der Waals surface area (Å²) >= 11 is 0. The first-order chi connectivity index (χ1) is 9.49. The number of aromatic nitrogens is 1. The zero-order valence-corrected chi connectivity index (χ0v) is 11.6. The molecule has 0 spiro atoms. The van der Waals surface area contributed by atoms with E-state index in [4.69, 9.17) is 0 Å². The fourth-order valence-corrected chi connectivity index (χ4v) is 2.07. The molecule has 0 atom stereocenters. The highest BCUT2D eigenvalue weighted by Crippen LogP contribution is 2.34. The van der Waals surface area contributed by atoms with Gasteiger partial charge in [-0.1, -0.05) is 12.8 Å². The van der Waals surface area contributed by atoms with Crippen molar-refractivity contribution < 1.29 is 13.2 Å². The van der Waals surface area contributed by atoms with Gasteiger partial charge in [-0.15, -0.1) is 0 Å². The maximum absolute atomic E-state index is 12.8. The van der Waals surface area contributed by atoms with E-state index in [0.29, 0.717) is 13.1 Å². The molecule has 1 fully saturated rings. The van der Waals surface area contributed by atoms with Crippen molar-refractivity contribution in [2.45, 2.75) is 38.8 Å². The third kappa shape index (κ3) is 4.58. The Bertz CT molecular complexity index is 442. The van der Waals surface area contributed by atoms with Crippen molar-refractivity contribution >= 4 is 11.6 Å². The van der Waals surface area contributed by atoms with Gasteiger partial charge in [0.25, 0.3) is 0 Å². The average Bonchev–Trinajstić information content (AvgIpc) is 3.18. The Balaban J connectivity index is 1.99. The molecule has 0 aliphatic heterocycles. The average molecular weight is 287 g/mol. The van der Waals surface area contributed by atoms with Crippen LogP contribution in [-0.2, 0) is 6.18 Å². The van der Waals surface area contributed by atoms with Crippen molar-refractivity contribution in [2.24, 2.45) is 5.92 Å². The van der Waals surface area contributed by atoms with Crippen molar-refractivity contribution in [3.63, 3.8) is 0 Å². The normalized spacial score (nSPS) is 15.2. The van der Waals surface area contributed by atoms with Gasteiger partial charge in [0.15, 0.2) is 0 Å². The molecule has 0 bridgehead atoms. The summed E-state index contributed by atoms with van der Waals surface area (Å²) in [5.74, 6) is 1.38. The lowest BCUT2D eigenvalue weighted by Crippen LogP contribution is -2.11. The van der Waals surface area contributed by atoms with Crippen LogP contribution in [-0.4, -0.2) is 18.1 Å². The molecule has 1 saturated carbocycles. The fourth-order valence-electron chi connectivity index (χ4n) is 2.07. The summed E-state index contributed by atoms with van der Waals surface area (Å²) < 4.78 is 38.4. The minimum absolute atomic E-state index is 0.256. The Morgan fingerprint density at radius 2 is 1.85 bits per heavy atom. The molecule has 1 aliphatic carbocycles. The van der Waals surface area contributed by atoms with Gasteiger partial charge in [-0.2, -0.15) is 13.2 Å². The highest BCUT2D eigenvalue weighted by atomic mass is 19.4. The maximum Gasteiger partial charge on any atom is 0.416 e. The number of hydrogen-bond acceptors (Lipinski definition) is 3. The lowest BCUT2D eigenvalue weighted by molar-refractivity contribution is -0.137. The number of alkyl halides is 3. The van der Waals surface area contributed by atoms with Crippen LogP contribution >= 0.6 is 0 Å². The summed E-state index contributed by atoms with van der Waals surface area (Å²) in [6.07, 6.45) is 0.363. The molecular formula is C14H20F3N3. The first kappa shape index (κ1) is 14.9. The van der Waals surface area contributed by atoms with Crippen LogP contribution in [0.3, 0.4) is 0 Å². The molecule has 1 aromatic rings. The van der Waals surface area contributed by atoms with Crippen LogP contribution in [0.1, 0.15) is 38.2 Å². The number of nitrogens with zero attached hydrogens (tertiary/aromatic N) is 1. The van der Waals surface area contributed by atoms with Gasteiger partial charge in [-0.25, -0.2) is 4.98 Å². The molecular weight excluding hydrogens is 267 g/mol. The van der Waals surface area contributed by atoms with E-state index in [0.717, 1.165) is 30.9 Å². The third-order valence-electron chi connectivity index (χ3n) is 3.30. The molecule has 0 aromatic carbocycles. The summed E-state index contributed by atoms with van der Waals surface area (Å²) in [5, 5.41) is 5.82. The molecule has 3 nitrogen and oxygen atoms in total. The molecule has 1 heterocycles. The van der Waals surface area contributed by atoms with Crippen LogP contribution in [0, 0.1) is 5.92 Å². The summed E-state index contributed by atoms with van der Waals surface area (Å²) in [5.41, 5.74) is -0.673. The lowest BCUT2D eigenvalue weighted by atomic mass is 10.2. The molecule has 0 unspecified atom stereocenters. The summed E-state index contributed by atoms with van der Waals surface area (Å²) in [7, 11) is 0. The highest BCUT2D eigenvalue weighted by molar-refractivity contribution is 5.49. The minimum Gasteiger partial charge on any atom is -0.370 e. The third-order valence-corrected chi connectivity index (χ3v) is 3.30. The monoisotopic (exact) mass is 287 g/mol. The predicted molar refractivity (Wildman–Crippen MR) is 73.9 cm³/mol. The summed E-state index contributed by atoms with van der Waals surface area (Å²) in [6, 6.07) is 2.11. The maximum atomic E-state index is 12.8. The predicted octanol–water partition coefficient (Wildman–Crippen LogP) is 4.13. The molecule has 0 amide bonds. The number of rotatable bonds is 7. The van der Waals surface area contributed by atoms with E-state index in [1.54, 1.807) is 0 Å². The van der Waals surface area contributed by atoms with Crippen LogP contribution in [0.15, 0.2) is 12.1 Å². The van der Waals surface area contributed by atoms with Crippen molar-refractivity contribution in [2.75, 3.05) is 23.7 Å². The van der Waals surface area contributed by atoms with Crippen molar-refractivity contribution in [1.82, 2.24) is 4.98 Å². The van der Waals surface area contributed by atoms with Crippen LogP contribution in [0.2, 0.25) is 0 Å². The highest BCUT2D eigenvalue weighted by Gasteiger charge is 2.31. The van der Waals surface area contributed by atoms with Crippen molar-refractivity contribution in [1.29, 1.82) is 0 Å². The van der Waals surface area contributed by atoms with Crippen LogP contribution in [0.25, 0.3) is 0 Å². The molecule has 1 aromatic heterocycles. The van der Waals surface area contributed by atoms with Gasteiger partial charge < -0.3 is 10.6 Å². The van der Waals surface area contributed by atoms with Gasteiger partial charge in [0.2, 0.25) is 0 Å². The SMILES string of the molecule is CCNc1cc(C(F)(F)F)cc(NCCCC2CC2)n1. The number of halogens is 3. The minimum atomic E-state index is -4.35. The van der Waals surface area contributed by atoms with Crippen molar-refractivity contribution in [3.05, 3.63) is 17.7 Å². The molecule has 2 rings (SSSR count). The van der Waals surface area contributed by atoms with Gasteiger partial charge in [-0.05, 0) is 37.8 Å². The Morgan fingerprint density at radius 1 is 1.20 bits per heavy atom. The first-order valence-electron chi connectivity index (χ1n) is 7.06. The second-order valence-corrected chi connectivity index (χ2v) is 5.17. The second kappa shape index (κ2) is 6.33. The fraction of sp³-hybridized carbons (Fsp3) is 0.643. The van der Waals surface area contributed by atoms with Gasteiger partial charge in [-0.3, -0.25) is 0 Å². The Morgan fingerprint density at radius 3 is 2.40 bits per heavy atom. The van der Waals surface area contributed by atoms with Gasteiger partial charge >= 0.3 is 6.18 Å². The van der Waals surface area contributed by atoms with Gasteiger partial charge in [0.1, 0.15) is 11.6 Å². The molecule has 6 heteroatoms. The first-order valence-corrected chi connectivity index (χ1v) is 7.06.